The third-order valence-electron chi connectivity index (χ3n) is 3.51. The first-order valence-corrected chi connectivity index (χ1v) is 8.62. The van der Waals surface area contributed by atoms with E-state index in [0.717, 1.165) is 12.8 Å². The summed E-state index contributed by atoms with van der Waals surface area (Å²) in [5.41, 5.74) is 1.42. The first-order valence-electron chi connectivity index (χ1n) is 7.21. The van der Waals surface area contributed by atoms with Gasteiger partial charge in [0.2, 0.25) is 0 Å². The van der Waals surface area contributed by atoms with Crippen molar-refractivity contribution in [3.63, 3.8) is 0 Å². The molecule has 5 nitrogen and oxygen atoms in total. The van der Waals surface area contributed by atoms with E-state index >= 15 is 0 Å². The summed E-state index contributed by atoms with van der Waals surface area (Å²) < 4.78 is 69.2. The van der Waals surface area contributed by atoms with Crippen LogP contribution in [0.3, 0.4) is 0 Å². The molecule has 1 aromatic rings. The van der Waals surface area contributed by atoms with Gasteiger partial charge in [-0.15, -0.1) is 12.4 Å². The molecule has 1 fully saturated rings. The average Bonchev–Trinajstić information content (AvgIpc) is 3.27. The lowest BCUT2D eigenvalue weighted by Crippen LogP contribution is -2.28. The summed E-state index contributed by atoms with van der Waals surface area (Å²) in [5.74, 6) is -0.188. The average molecular weight is 402 g/mol. The molecule has 10 heteroatoms. The summed E-state index contributed by atoms with van der Waals surface area (Å²) in [6, 6.07) is 2.05. The maximum absolute atomic E-state index is 12.5. The topological polar surface area (TPSA) is 78.6 Å². The van der Waals surface area contributed by atoms with E-state index in [1.54, 1.807) is 13.0 Å². The number of ether oxygens (including phenoxy) is 1. The highest BCUT2D eigenvalue weighted by molar-refractivity contribution is 7.88. The van der Waals surface area contributed by atoms with Crippen LogP contribution in [0.25, 0.3) is 6.08 Å². The minimum atomic E-state index is -5.79. The molecule has 0 aromatic heterocycles. The third kappa shape index (κ3) is 5.26. The smallest absolute Gasteiger partial charge is 0.493 e. The number of halogens is 4. The normalized spacial score (nSPS) is 16.4. The molecule has 0 radical (unpaired) electrons. The van der Waals surface area contributed by atoms with Gasteiger partial charge in [0, 0.05) is 6.04 Å². The molecule has 0 unspecified atom stereocenters. The van der Waals surface area contributed by atoms with Crippen molar-refractivity contribution in [2.24, 2.45) is 11.7 Å². The van der Waals surface area contributed by atoms with Crippen LogP contribution >= 0.6 is 12.4 Å². The summed E-state index contributed by atoms with van der Waals surface area (Å²) >= 11 is 0. The number of allylic oxidation sites excluding steroid dienone is 1. The Bertz CT molecular complexity index is 744. The molecular weight excluding hydrogens is 383 g/mol. The first kappa shape index (κ1) is 21.6. The van der Waals surface area contributed by atoms with E-state index < -0.39 is 27.4 Å². The van der Waals surface area contributed by atoms with Gasteiger partial charge in [-0.05, 0) is 48.9 Å². The van der Waals surface area contributed by atoms with Crippen LogP contribution in [0.1, 0.15) is 36.9 Å². The number of benzene rings is 1. The van der Waals surface area contributed by atoms with Gasteiger partial charge >= 0.3 is 15.6 Å². The molecule has 1 aliphatic rings. The number of methoxy groups -OCH3 is 1. The van der Waals surface area contributed by atoms with E-state index in [4.69, 9.17) is 10.5 Å². The minimum Gasteiger partial charge on any atom is -0.493 e. The van der Waals surface area contributed by atoms with Gasteiger partial charge in [-0.2, -0.15) is 21.6 Å². The lowest BCUT2D eigenvalue weighted by atomic mass is 10.00. The van der Waals surface area contributed by atoms with Gasteiger partial charge in [0.25, 0.3) is 0 Å². The molecule has 1 atom stereocenters. The van der Waals surface area contributed by atoms with Crippen LogP contribution in [0.2, 0.25) is 0 Å². The highest BCUT2D eigenvalue weighted by atomic mass is 35.5. The fraction of sp³-hybridized carbons (Fsp3) is 0.467. The second-order valence-electron chi connectivity index (χ2n) is 5.60. The molecular formula is C15H19ClF3NO4S. The van der Waals surface area contributed by atoms with Crippen molar-refractivity contribution >= 4 is 28.6 Å². The zero-order chi connectivity index (χ0) is 18.1. The molecule has 142 valence electrons. The zero-order valence-corrected chi connectivity index (χ0v) is 15.2. The van der Waals surface area contributed by atoms with Gasteiger partial charge in [-0.25, -0.2) is 0 Å². The number of hydrogen-bond acceptors (Lipinski definition) is 5. The lowest BCUT2D eigenvalue weighted by molar-refractivity contribution is -0.0500. The van der Waals surface area contributed by atoms with Crippen molar-refractivity contribution in [2.45, 2.75) is 31.3 Å². The SMILES string of the molecule is COc1cc(/C=C/C2CC2)c([C@H](C)N)cc1OS(=O)(=O)C(F)(F)F.Cl. The molecule has 0 amide bonds. The van der Waals surface area contributed by atoms with Crippen molar-refractivity contribution < 1.29 is 30.5 Å². The molecule has 0 saturated heterocycles. The molecule has 0 bridgehead atoms. The molecule has 1 aromatic carbocycles. The Hall–Kier alpha value is -1.45. The summed E-state index contributed by atoms with van der Waals surface area (Å²) in [6.07, 6.45) is 5.97. The fourth-order valence-corrected chi connectivity index (χ4v) is 2.51. The van der Waals surface area contributed by atoms with Gasteiger partial charge in [0.1, 0.15) is 0 Å². The van der Waals surface area contributed by atoms with E-state index in [1.807, 2.05) is 6.08 Å². The molecule has 25 heavy (non-hydrogen) atoms. The lowest BCUT2D eigenvalue weighted by Gasteiger charge is -2.17. The predicted molar refractivity (Wildman–Crippen MR) is 90.2 cm³/mol. The van der Waals surface area contributed by atoms with Crippen LogP contribution < -0.4 is 14.7 Å². The van der Waals surface area contributed by atoms with Crippen LogP contribution in [0.5, 0.6) is 11.5 Å². The Morgan fingerprint density at radius 3 is 2.32 bits per heavy atom. The van der Waals surface area contributed by atoms with Crippen molar-refractivity contribution in [3.05, 3.63) is 29.3 Å². The number of hydrogen-bond donors (Lipinski definition) is 1. The molecule has 2 rings (SSSR count). The largest absolute Gasteiger partial charge is 0.534 e. The van der Waals surface area contributed by atoms with Crippen LogP contribution in [-0.2, 0) is 10.1 Å². The molecule has 0 aliphatic heterocycles. The number of rotatable bonds is 6. The molecule has 0 heterocycles. The summed E-state index contributed by atoms with van der Waals surface area (Å²) in [5, 5.41) is 0. The van der Waals surface area contributed by atoms with E-state index in [2.05, 4.69) is 4.18 Å². The minimum absolute atomic E-state index is 0. The van der Waals surface area contributed by atoms with Crippen molar-refractivity contribution in [1.82, 2.24) is 0 Å². The maximum atomic E-state index is 12.5. The molecule has 0 spiro atoms. The molecule has 1 saturated carbocycles. The quantitative estimate of drug-likeness (QED) is 0.579. The van der Waals surface area contributed by atoms with E-state index in [1.165, 1.54) is 19.2 Å². The van der Waals surface area contributed by atoms with Gasteiger partial charge in [-0.3, -0.25) is 0 Å². The molecule has 1 aliphatic carbocycles. The Labute approximate surface area is 150 Å². The van der Waals surface area contributed by atoms with Crippen molar-refractivity contribution in [1.29, 1.82) is 0 Å². The van der Waals surface area contributed by atoms with Gasteiger partial charge in [0.05, 0.1) is 7.11 Å². The van der Waals surface area contributed by atoms with Crippen molar-refractivity contribution in [2.75, 3.05) is 7.11 Å². The highest BCUT2D eigenvalue weighted by Gasteiger charge is 2.49. The van der Waals surface area contributed by atoms with Crippen LogP contribution in [0.15, 0.2) is 18.2 Å². The summed E-state index contributed by atoms with van der Waals surface area (Å²) in [6.45, 7) is 1.64. The van der Waals surface area contributed by atoms with Crippen molar-refractivity contribution in [3.8, 4) is 11.5 Å². The van der Waals surface area contributed by atoms with E-state index in [9.17, 15) is 21.6 Å². The second kappa shape index (κ2) is 7.84. The first-order chi connectivity index (χ1) is 11.0. The fourth-order valence-electron chi connectivity index (χ4n) is 2.05. The second-order valence-corrected chi connectivity index (χ2v) is 7.14. The van der Waals surface area contributed by atoms with E-state index in [-0.39, 0.29) is 18.2 Å². The summed E-state index contributed by atoms with van der Waals surface area (Å²) in [7, 11) is -4.58. The number of alkyl halides is 3. The summed E-state index contributed by atoms with van der Waals surface area (Å²) in [4.78, 5) is 0. The maximum Gasteiger partial charge on any atom is 0.534 e. The van der Waals surface area contributed by atoms with Gasteiger partial charge in [0.15, 0.2) is 11.5 Å². The van der Waals surface area contributed by atoms with Gasteiger partial charge < -0.3 is 14.7 Å². The highest BCUT2D eigenvalue weighted by Crippen LogP contribution is 2.38. The molecule has 2 N–H and O–H groups in total. The number of nitrogens with two attached hydrogens (primary N) is 1. The van der Waals surface area contributed by atoms with Crippen LogP contribution in [0.4, 0.5) is 13.2 Å². The Morgan fingerprint density at radius 1 is 1.28 bits per heavy atom. The zero-order valence-electron chi connectivity index (χ0n) is 13.5. The van der Waals surface area contributed by atoms with Crippen LogP contribution in [-0.4, -0.2) is 21.0 Å². The van der Waals surface area contributed by atoms with E-state index in [0.29, 0.717) is 17.0 Å². The Balaban J connectivity index is 0.00000312. The third-order valence-corrected chi connectivity index (χ3v) is 4.48. The predicted octanol–water partition coefficient (Wildman–Crippen LogP) is 3.79. The Kier molecular flexibility index (Phi) is 6.77. The van der Waals surface area contributed by atoms with Crippen LogP contribution in [0, 0.1) is 5.92 Å². The monoisotopic (exact) mass is 401 g/mol. The standard InChI is InChI=1S/C15H18F3NO4S.ClH/c1-9(19)12-8-14(23-24(20,21)15(16,17)18)13(22-2)7-11(12)6-5-10-3-4-10;/h5-10H,3-4,19H2,1-2H3;1H/b6-5+;/t9-;/m0./s1. The Morgan fingerprint density at radius 2 is 1.88 bits per heavy atom. The van der Waals surface area contributed by atoms with Gasteiger partial charge in [-0.1, -0.05) is 12.2 Å².